The summed E-state index contributed by atoms with van der Waals surface area (Å²) in [5.74, 6) is 2.24. The highest BCUT2D eigenvalue weighted by atomic mass is 16.5. The SMILES string of the molecule is COc1ccc(C(=O)c2ncc(-c3ccc(OC)c(OC)c3)[nH]2)cc1OC. The van der Waals surface area contributed by atoms with Crippen molar-refractivity contribution in [2.75, 3.05) is 28.4 Å². The molecule has 7 nitrogen and oxygen atoms in total. The van der Waals surface area contributed by atoms with E-state index < -0.39 is 0 Å². The summed E-state index contributed by atoms with van der Waals surface area (Å²) in [6.07, 6.45) is 1.61. The van der Waals surface area contributed by atoms with E-state index in [9.17, 15) is 4.79 Å². The predicted octanol–water partition coefficient (Wildman–Crippen LogP) is 3.34. The molecule has 0 spiro atoms. The first kappa shape index (κ1) is 18.3. The summed E-state index contributed by atoms with van der Waals surface area (Å²) in [6.45, 7) is 0. The summed E-state index contributed by atoms with van der Waals surface area (Å²) in [6, 6.07) is 10.5. The van der Waals surface area contributed by atoms with E-state index in [-0.39, 0.29) is 11.6 Å². The fourth-order valence-electron chi connectivity index (χ4n) is 2.70. The molecule has 0 saturated carbocycles. The van der Waals surface area contributed by atoms with Gasteiger partial charge in [0.1, 0.15) is 0 Å². The van der Waals surface area contributed by atoms with Gasteiger partial charge in [0, 0.05) is 11.1 Å². The zero-order valence-electron chi connectivity index (χ0n) is 15.5. The molecule has 1 heterocycles. The summed E-state index contributed by atoms with van der Waals surface area (Å²) in [5, 5.41) is 0. The van der Waals surface area contributed by atoms with Crippen molar-refractivity contribution in [1.82, 2.24) is 9.97 Å². The van der Waals surface area contributed by atoms with E-state index in [4.69, 9.17) is 18.9 Å². The van der Waals surface area contributed by atoms with E-state index in [0.717, 1.165) is 5.56 Å². The molecule has 140 valence electrons. The number of benzene rings is 2. The van der Waals surface area contributed by atoms with Crippen LogP contribution in [0.2, 0.25) is 0 Å². The van der Waals surface area contributed by atoms with Crippen LogP contribution in [0, 0.1) is 0 Å². The minimum Gasteiger partial charge on any atom is -0.493 e. The first-order chi connectivity index (χ1) is 13.1. The Hall–Kier alpha value is -3.48. The van der Waals surface area contributed by atoms with Crippen molar-refractivity contribution >= 4 is 5.78 Å². The molecule has 0 saturated heterocycles. The van der Waals surface area contributed by atoms with E-state index in [1.807, 2.05) is 12.1 Å². The number of carbonyl (C=O) groups excluding carboxylic acids is 1. The number of ketones is 1. The van der Waals surface area contributed by atoms with Crippen LogP contribution in [0.15, 0.2) is 42.6 Å². The number of aromatic nitrogens is 2. The summed E-state index contributed by atoms with van der Waals surface area (Å²) in [7, 11) is 6.21. The molecule has 2 aromatic carbocycles. The number of hydrogen-bond donors (Lipinski definition) is 1. The topological polar surface area (TPSA) is 82.7 Å². The van der Waals surface area contributed by atoms with Gasteiger partial charge in [-0.15, -0.1) is 0 Å². The predicted molar refractivity (Wildman–Crippen MR) is 100 cm³/mol. The number of rotatable bonds is 7. The fourth-order valence-corrected chi connectivity index (χ4v) is 2.70. The molecular formula is C20H20N2O5. The molecule has 0 aliphatic heterocycles. The van der Waals surface area contributed by atoms with Crippen molar-refractivity contribution in [3.05, 3.63) is 54.0 Å². The maximum absolute atomic E-state index is 12.7. The third-order valence-corrected chi connectivity index (χ3v) is 4.13. The largest absolute Gasteiger partial charge is 0.493 e. The second-order valence-corrected chi connectivity index (χ2v) is 5.61. The molecule has 3 aromatic rings. The summed E-state index contributed by atoms with van der Waals surface area (Å²) in [5.41, 5.74) is 1.96. The molecule has 0 unspecified atom stereocenters. The van der Waals surface area contributed by atoms with Gasteiger partial charge in [-0.3, -0.25) is 4.79 Å². The molecular weight excluding hydrogens is 348 g/mol. The van der Waals surface area contributed by atoms with Gasteiger partial charge in [0.25, 0.3) is 0 Å². The maximum Gasteiger partial charge on any atom is 0.228 e. The van der Waals surface area contributed by atoms with E-state index in [2.05, 4.69) is 9.97 Å². The minimum atomic E-state index is -0.248. The van der Waals surface area contributed by atoms with Crippen LogP contribution in [0.3, 0.4) is 0 Å². The van der Waals surface area contributed by atoms with Crippen molar-refractivity contribution in [2.24, 2.45) is 0 Å². The van der Waals surface area contributed by atoms with E-state index in [1.54, 1.807) is 51.8 Å². The third-order valence-electron chi connectivity index (χ3n) is 4.13. The molecule has 0 amide bonds. The summed E-state index contributed by atoms with van der Waals surface area (Å²) < 4.78 is 21.0. The summed E-state index contributed by atoms with van der Waals surface area (Å²) >= 11 is 0. The number of methoxy groups -OCH3 is 4. The first-order valence-corrected chi connectivity index (χ1v) is 8.15. The lowest BCUT2D eigenvalue weighted by molar-refractivity contribution is 0.103. The molecule has 0 fully saturated rings. The third kappa shape index (κ3) is 3.57. The lowest BCUT2D eigenvalue weighted by atomic mass is 10.1. The van der Waals surface area contributed by atoms with Crippen LogP contribution in [0.5, 0.6) is 23.0 Å². The minimum absolute atomic E-state index is 0.229. The van der Waals surface area contributed by atoms with E-state index in [0.29, 0.717) is 34.3 Å². The quantitative estimate of drug-likeness (QED) is 0.644. The highest BCUT2D eigenvalue weighted by Crippen LogP contribution is 2.32. The monoisotopic (exact) mass is 368 g/mol. The molecule has 1 aromatic heterocycles. The van der Waals surface area contributed by atoms with Gasteiger partial charge < -0.3 is 23.9 Å². The molecule has 1 N–H and O–H groups in total. The van der Waals surface area contributed by atoms with Gasteiger partial charge in [0.2, 0.25) is 5.78 Å². The van der Waals surface area contributed by atoms with Crippen LogP contribution in [-0.4, -0.2) is 44.2 Å². The Bertz CT molecular complexity index is 965. The van der Waals surface area contributed by atoms with Crippen molar-refractivity contribution in [2.45, 2.75) is 0 Å². The Labute approximate surface area is 156 Å². The molecule has 0 atom stereocenters. The Morgan fingerprint density at radius 1 is 0.815 bits per heavy atom. The van der Waals surface area contributed by atoms with Crippen molar-refractivity contribution in [1.29, 1.82) is 0 Å². The number of nitrogens with one attached hydrogen (secondary N) is 1. The fraction of sp³-hybridized carbons (Fsp3) is 0.200. The Kier molecular flexibility index (Phi) is 5.30. The van der Waals surface area contributed by atoms with Crippen LogP contribution >= 0.6 is 0 Å². The van der Waals surface area contributed by atoms with Gasteiger partial charge in [-0.1, -0.05) is 0 Å². The molecule has 7 heteroatoms. The highest BCUT2D eigenvalue weighted by Gasteiger charge is 2.17. The van der Waals surface area contributed by atoms with Gasteiger partial charge in [-0.25, -0.2) is 4.98 Å². The average Bonchev–Trinajstić information content (AvgIpc) is 3.22. The van der Waals surface area contributed by atoms with Crippen LogP contribution < -0.4 is 18.9 Å². The second kappa shape index (κ2) is 7.82. The number of hydrogen-bond acceptors (Lipinski definition) is 6. The second-order valence-electron chi connectivity index (χ2n) is 5.61. The van der Waals surface area contributed by atoms with E-state index in [1.165, 1.54) is 7.11 Å². The van der Waals surface area contributed by atoms with E-state index >= 15 is 0 Å². The van der Waals surface area contributed by atoms with Crippen molar-refractivity contribution < 1.29 is 23.7 Å². The van der Waals surface area contributed by atoms with Crippen LogP contribution in [0.1, 0.15) is 16.2 Å². The Morgan fingerprint density at radius 2 is 1.41 bits per heavy atom. The smallest absolute Gasteiger partial charge is 0.228 e. The molecule has 27 heavy (non-hydrogen) atoms. The molecule has 0 radical (unpaired) electrons. The van der Waals surface area contributed by atoms with Crippen molar-refractivity contribution in [3.63, 3.8) is 0 Å². The Morgan fingerprint density at radius 3 is 2.04 bits per heavy atom. The molecule has 0 aliphatic carbocycles. The first-order valence-electron chi connectivity index (χ1n) is 8.15. The number of carbonyl (C=O) groups is 1. The van der Waals surface area contributed by atoms with Gasteiger partial charge in [-0.2, -0.15) is 0 Å². The zero-order chi connectivity index (χ0) is 19.4. The lowest BCUT2D eigenvalue weighted by Gasteiger charge is -2.09. The average molecular weight is 368 g/mol. The van der Waals surface area contributed by atoms with Crippen LogP contribution in [-0.2, 0) is 0 Å². The van der Waals surface area contributed by atoms with Crippen LogP contribution in [0.4, 0.5) is 0 Å². The number of H-pyrrole nitrogens is 1. The van der Waals surface area contributed by atoms with Gasteiger partial charge in [0.15, 0.2) is 28.8 Å². The van der Waals surface area contributed by atoms with Gasteiger partial charge in [0.05, 0.1) is 40.3 Å². The zero-order valence-corrected chi connectivity index (χ0v) is 15.5. The normalized spacial score (nSPS) is 10.4. The number of aromatic amines is 1. The number of nitrogens with zero attached hydrogens (tertiary/aromatic N) is 1. The summed E-state index contributed by atoms with van der Waals surface area (Å²) in [4.78, 5) is 20.0. The van der Waals surface area contributed by atoms with Crippen LogP contribution in [0.25, 0.3) is 11.3 Å². The van der Waals surface area contributed by atoms with Gasteiger partial charge >= 0.3 is 0 Å². The lowest BCUT2D eigenvalue weighted by Crippen LogP contribution is -2.04. The van der Waals surface area contributed by atoms with Gasteiger partial charge in [-0.05, 0) is 36.4 Å². The molecule has 3 rings (SSSR count). The van der Waals surface area contributed by atoms with Crippen molar-refractivity contribution in [3.8, 4) is 34.3 Å². The molecule has 0 aliphatic rings. The highest BCUT2D eigenvalue weighted by molar-refractivity contribution is 6.07. The maximum atomic E-state index is 12.7. The Balaban J connectivity index is 1.90. The standard InChI is InChI=1S/C20H20N2O5/c1-24-15-7-5-12(9-17(15)26-3)14-11-21-20(22-14)19(23)13-6-8-16(25-2)18(10-13)27-4/h5-11H,1-4H3,(H,21,22). The number of ether oxygens (including phenoxy) is 4. The molecule has 0 bridgehead atoms. The number of imidazole rings is 1.